The number of halogens is 1. The maximum absolute atomic E-state index is 14.3. The molecule has 0 aromatic heterocycles. The summed E-state index contributed by atoms with van der Waals surface area (Å²) in [6.45, 7) is 2.95. The summed E-state index contributed by atoms with van der Waals surface area (Å²) in [7, 11) is 5.36. The molecule has 1 aromatic rings. The predicted octanol–water partition coefficient (Wildman–Crippen LogP) is 1.48. The van der Waals surface area contributed by atoms with Gasteiger partial charge in [-0.3, -0.25) is 4.79 Å². The Morgan fingerprint density at radius 3 is 2.95 bits per heavy atom. The van der Waals surface area contributed by atoms with Crippen LogP contribution in [0.3, 0.4) is 0 Å². The Morgan fingerprint density at radius 1 is 1.50 bits per heavy atom. The average molecular weight is 310 g/mol. The van der Waals surface area contributed by atoms with E-state index in [2.05, 4.69) is 4.90 Å². The molecule has 1 amide bonds. The molecule has 0 radical (unpaired) electrons. The molecule has 1 heterocycles. The number of carbonyl (C=O) groups is 1. The Labute approximate surface area is 130 Å². The molecule has 1 atom stereocenters. The van der Waals surface area contributed by atoms with E-state index in [9.17, 15) is 9.18 Å². The topological polar surface area (TPSA) is 42.0 Å². The normalized spacial score (nSPS) is 19.1. The fourth-order valence-electron chi connectivity index (χ4n) is 2.70. The lowest BCUT2D eigenvalue weighted by Gasteiger charge is -2.25. The largest absolute Gasteiger partial charge is 0.494 e. The maximum atomic E-state index is 14.3. The van der Waals surface area contributed by atoms with Crippen LogP contribution in [-0.2, 0) is 4.74 Å². The average Bonchev–Trinajstić information content (AvgIpc) is 2.71. The van der Waals surface area contributed by atoms with Gasteiger partial charge in [0.05, 0.1) is 25.9 Å². The first-order chi connectivity index (χ1) is 10.5. The Morgan fingerprint density at radius 2 is 2.27 bits per heavy atom. The highest BCUT2D eigenvalue weighted by atomic mass is 19.1. The van der Waals surface area contributed by atoms with Crippen molar-refractivity contribution in [2.45, 2.75) is 0 Å². The molecule has 2 rings (SSSR count). The van der Waals surface area contributed by atoms with Gasteiger partial charge in [-0.1, -0.05) is 6.07 Å². The van der Waals surface area contributed by atoms with Crippen LogP contribution in [0, 0.1) is 11.7 Å². The lowest BCUT2D eigenvalue weighted by Crippen LogP contribution is -2.39. The van der Waals surface area contributed by atoms with E-state index < -0.39 is 5.82 Å². The van der Waals surface area contributed by atoms with Crippen LogP contribution in [0.15, 0.2) is 18.2 Å². The van der Waals surface area contributed by atoms with Crippen molar-refractivity contribution in [1.82, 2.24) is 9.80 Å². The van der Waals surface area contributed by atoms with E-state index >= 15 is 0 Å². The van der Waals surface area contributed by atoms with Crippen LogP contribution in [0.25, 0.3) is 0 Å². The highest BCUT2D eigenvalue weighted by Crippen LogP contribution is 2.22. The molecular formula is C16H23FN2O3. The van der Waals surface area contributed by atoms with E-state index in [0.717, 1.165) is 6.54 Å². The number of rotatable bonds is 4. The van der Waals surface area contributed by atoms with Crippen molar-refractivity contribution in [1.29, 1.82) is 0 Å². The second-order valence-corrected chi connectivity index (χ2v) is 5.78. The molecular weight excluding hydrogens is 287 g/mol. The summed E-state index contributed by atoms with van der Waals surface area (Å²) in [5, 5.41) is 0. The minimum Gasteiger partial charge on any atom is -0.494 e. The third-order valence-corrected chi connectivity index (χ3v) is 3.66. The Hall–Kier alpha value is -1.66. The number of hydrogen-bond donors (Lipinski definition) is 0. The molecule has 1 aliphatic rings. The summed E-state index contributed by atoms with van der Waals surface area (Å²) in [6, 6.07) is 4.63. The highest BCUT2D eigenvalue weighted by molar-refractivity contribution is 5.95. The van der Waals surface area contributed by atoms with Gasteiger partial charge in [-0.2, -0.15) is 0 Å². The van der Waals surface area contributed by atoms with E-state index in [4.69, 9.17) is 9.47 Å². The molecule has 0 bridgehead atoms. The number of amides is 1. The third kappa shape index (κ3) is 3.96. The van der Waals surface area contributed by atoms with Gasteiger partial charge >= 0.3 is 0 Å². The molecule has 5 nitrogen and oxygen atoms in total. The molecule has 6 heteroatoms. The van der Waals surface area contributed by atoms with Crippen LogP contribution >= 0.6 is 0 Å². The summed E-state index contributed by atoms with van der Waals surface area (Å²) in [5.74, 6) is -0.619. The summed E-state index contributed by atoms with van der Waals surface area (Å²) in [5.41, 5.74) is 0.0462. The summed E-state index contributed by atoms with van der Waals surface area (Å²) >= 11 is 0. The van der Waals surface area contributed by atoms with E-state index in [-0.39, 0.29) is 23.1 Å². The Balaban J connectivity index is 2.17. The van der Waals surface area contributed by atoms with Crippen LogP contribution < -0.4 is 4.74 Å². The van der Waals surface area contributed by atoms with Crippen LogP contribution in [0.1, 0.15) is 10.4 Å². The van der Waals surface area contributed by atoms with Crippen LogP contribution in [-0.4, -0.2) is 69.8 Å². The van der Waals surface area contributed by atoms with Gasteiger partial charge in [-0.05, 0) is 26.2 Å². The molecule has 1 aliphatic heterocycles. The zero-order valence-corrected chi connectivity index (χ0v) is 13.3. The van der Waals surface area contributed by atoms with Crippen molar-refractivity contribution in [2.24, 2.45) is 5.92 Å². The third-order valence-electron chi connectivity index (χ3n) is 3.66. The highest BCUT2D eigenvalue weighted by Gasteiger charge is 2.26. The minimum absolute atomic E-state index is 0.0462. The van der Waals surface area contributed by atoms with E-state index in [1.807, 2.05) is 14.1 Å². The molecule has 122 valence electrons. The first kappa shape index (κ1) is 16.7. The molecule has 1 aromatic carbocycles. The van der Waals surface area contributed by atoms with Crippen LogP contribution in [0.5, 0.6) is 5.75 Å². The second kappa shape index (κ2) is 7.56. The van der Waals surface area contributed by atoms with Crippen molar-refractivity contribution in [2.75, 3.05) is 54.1 Å². The SMILES string of the molecule is COc1cccc(C(=O)N2CCOC[C@@H](CN(C)C)C2)c1F. The fraction of sp³-hybridized carbons (Fsp3) is 0.562. The number of benzene rings is 1. The van der Waals surface area contributed by atoms with E-state index in [1.54, 1.807) is 11.0 Å². The van der Waals surface area contributed by atoms with Gasteiger partial charge in [0.2, 0.25) is 0 Å². The zero-order chi connectivity index (χ0) is 16.1. The zero-order valence-electron chi connectivity index (χ0n) is 13.3. The van der Waals surface area contributed by atoms with Gasteiger partial charge < -0.3 is 19.3 Å². The van der Waals surface area contributed by atoms with Gasteiger partial charge in [0.1, 0.15) is 0 Å². The fourth-order valence-corrected chi connectivity index (χ4v) is 2.70. The van der Waals surface area contributed by atoms with Gasteiger partial charge in [-0.15, -0.1) is 0 Å². The molecule has 0 N–H and O–H groups in total. The predicted molar refractivity (Wildman–Crippen MR) is 81.7 cm³/mol. The Bertz CT molecular complexity index is 522. The van der Waals surface area contributed by atoms with E-state index in [1.165, 1.54) is 19.2 Å². The number of methoxy groups -OCH3 is 1. The van der Waals surface area contributed by atoms with Crippen molar-refractivity contribution >= 4 is 5.91 Å². The summed E-state index contributed by atoms with van der Waals surface area (Å²) in [6.07, 6.45) is 0. The quantitative estimate of drug-likeness (QED) is 0.845. The lowest BCUT2D eigenvalue weighted by atomic mass is 10.1. The number of ether oxygens (including phenoxy) is 2. The van der Waals surface area contributed by atoms with Crippen molar-refractivity contribution in [3.05, 3.63) is 29.6 Å². The molecule has 0 spiro atoms. The van der Waals surface area contributed by atoms with Gasteiger partial charge in [0, 0.05) is 25.6 Å². The standard InChI is InChI=1S/C16H23FN2O3/c1-18(2)9-12-10-19(7-8-22-11-12)16(20)13-5-4-6-14(21-3)15(13)17/h4-6,12H,7-11H2,1-3H3/t12-/m0/s1. The molecule has 22 heavy (non-hydrogen) atoms. The number of carbonyl (C=O) groups excluding carboxylic acids is 1. The first-order valence-corrected chi connectivity index (χ1v) is 7.37. The smallest absolute Gasteiger partial charge is 0.257 e. The van der Waals surface area contributed by atoms with Gasteiger partial charge in [0.15, 0.2) is 11.6 Å². The van der Waals surface area contributed by atoms with Crippen molar-refractivity contribution in [3.63, 3.8) is 0 Å². The van der Waals surface area contributed by atoms with E-state index in [0.29, 0.717) is 26.3 Å². The minimum atomic E-state index is -0.607. The number of nitrogens with zero attached hydrogens (tertiary/aromatic N) is 2. The van der Waals surface area contributed by atoms with Crippen LogP contribution in [0.2, 0.25) is 0 Å². The summed E-state index contributed by atoms with van der Waals surface area (Å²) < 4.78 is 24.8. The monoisotopic (exact) mass is 310 g/mol. The molecule has 1 fully saturated rings. The van der Waals surface area contributed by atoms with Crippen LogP contribution in [0.4, 0.5) is 4.39 Å². The van der Waals surface area contributed by atoms with Crippen molar-refractivity contribution < 1.29 is 18.7 Å². The summed E-state index contributed by atoms with van der Waals surface area (Å²) in [4.78, 5) is 16.4. The van der Waals surface area contributed by atoms with Crippen molar-refractivity contribution in [3.8, 4) is 5.75 Å². The molecule has 0 unspecified atom stereocenters. The first-order valence-electron chi connectivity index (χ1n) is 7.37. The van der Waals surface area contributed by atoms with Gasteiger partial charge in [-0.25, -0.2) is 4.39 Å². The van der Waals surface area contributed by atoms with Gasteiger partial charge in [0.25, 0.3) is 5.91 Å². The Kier molecular flexibility index (Phi) is 5.74. The molecule has 0 aliphatic carbocycles. The molecule has 0 saturated carbocycles. The molecule has 1 saturated heterocycles. The number of hydrogen-bond acceptors (Lipinski definition) is 4. The lowest BCUT2D eigenvalue weighted by molar-refractivity contribution is 0.0729. The second-order valence-electron chi connectivity index (χ2n) is 5.78. The maximum Gasteiger partial charge on any atom is 0.257 e.